The highest BCUT2D eigenvalue weighted by Gasteiger charge is 2.25. The molecule has 0 aromatic rings. The van der Waals surface area contributed by atoms with E-state index in [9.17, 15) is 9.18 Å². The molecule has 0 heterocycles. The Bertz CT molecular complexity index is 269. The van der Waals surface area contributed by atoms with E-state index in [0.29, 0.717) is 18.4 Å². The van der Waals surface area contributed by atoms with Crippen LogP contribution < -0.4 is 5.32 Å². The topological polar surface area (TPSA) is 29.1 Å². The van der Waals surface area contributed by atoms with Gasteiger partial charge in [0.05, 0.1) is 0 Å². The van der Waals surface area contributed by atoms with Crippen LogP contribution in [0.2, 0.25) is 0 Å². The summed E-state index contributed by atoms with van der Waals surface area (Å²) in [7, 11) is 0. The fraction of sp³-hybridized carbons (Fsp3) is 0.769. The third kappa shape index (κ3) is 4.33. The van der Waals surface area contributed by atoms with Gasteiger partial charge in [-0.05, 0) is 39.5 Å². The summed E-state index contributed by atoms with van der Waals surface area (Å²) in [5.41, 5.74) is 0.110. The molecule has 0 saturated carbocycles. The lowest BCUT2D eigenvalue weighted by Gasteiger charge is -2.24. The summed E-state index contributed by atoms with van der Waals surface area (Å²) >= 11 is 0. The molecule has 0 aromatic heterocycles. The molecule has 0 fully saturated rings. The molecule has 0 spiro atoms. The molecular weight excluding hydrogens is 205 g/mol. The number of allylic oxidation sites excluding steroid dienone is 1. The van der Waals surface area contributed by atoms with Gasteiger partial charge < -0.3 is 5.32 Å². The summed E-state index contributed by atoms with van der Waals surface area (Å²) in [6, 6.07) is 0. The van der Waals surface area contributed by atoms with Crippen LogP contribution in [-0.4, -0.2) is 11.4 Å². The quantitative estimate of drug-likeness (QED) is 0.785. The van der Waals surface area contributed by atoms with E-state index in [4.69, 9.17) is 0 Å². The van der Waals surface area contributed by atoms with Crippen molar-refractivity contribution >= 4 is 5.91 Å². The van der Waals surface area contributed by atoms with Crippen molar-refractivity contribution in [3.05, 3.63) is 11.4 Å². The van der Waals surface area contributed by atoms with E-state index < -0.39 is 0 Å². The zero-order valence-electron chi connectivity index (χ0n) is 11.1. The van der Waals surface area contributed by atoms with E-state index in [1.807, 2.05) is 34.6 Å². The average molecular weight is 229 g/mol. The summed E-state index contributed by atoms with van der Waals surface area (Å²) in [6.07, 6.45) is 2.61. The number of amides is 1. The van der Waals surface area contributed by atoms with Crippen LogP contribution in [0.15, 0.2) is 11.4 Å². The van der Waals surface area contributed by atoms with Crippen molar-refractivity contribution in [2.45, 2.75) is 65.8 Å². The Morgan fingerprint density at radius 2 is 1.94 bits per heavy atom. The fourth-order valence-electron chi connectivity index (χ4n) is 1.41. The molecule has 0 aliphatic heterocycles. The summed E-state index contributed by atoms with van der Waals surface area (Å²) in [6.45, 7) is 9.89. The maximum absolute atomic E-state index is 13.1. The van der Waals surface area contributed by atoms with Crippen LogP contribution in [0.3, 0.4) is 0 Å². The van der Waals surface area contributed by atoms with Crippen LogP contribution in [0.4, 0.5) is 4.39 Å². The molecule has 0 bridgehead atoms. The molecule has 94 valence electrons. The second kappa shape index (κ2) is 6.66. The predicted octanol–water partition coefficient (Wildman–Crippen LogP) is 3.72. The van der Waals surface area contributed by atoms with Crippen molar-refractivity contribution < 1.29 is 9.18 Å². The lowest BCUT2D eigenvalue weighted by atomic mass is 10.0. The molecule has 1 aliphatic rings. The van der Waals surface area contributed by atoms with Gasteiger partial charge in [0.25, 0.3) is 0 Å². The van der Waals surface area contributed by atoms with E-state index in [2.05, 4.69) is 5.32 Å². The van der Waals surface area contributed by atoms with Gasteiger partial charge in [0.2, 0.25) is 5.91 Å². The molecule has 0 atom stereocenters. The Morgan fingerprint density at radius 3 is 2.31 bits per heavy atom. The standard InChI is InChI=1S/C11H18FNO.C2H6/c1-4-11(2,3)13-10(14)8-6-5-7-9(8)12;1-2/h4-7H2,1-3H3,(H,13,14);1-2H3. The van der Waals surface area contributed by atoms with Crippen LogP contribution in [0.1, 0.15) is 60.3 Å². The third-order valence-electron chi connectivity index (χ3n) is 2.76. The van der Waals surface area contributed by atoms with Gasteiger partial charge in [-0.1, -0.05) is 20.8 Å². The second-order valence-corrected chi connectivity index (χ2v) is 4.43. The van der Waals surface area contributed by atoms with Crippen molar-refractivity contribution in [2.24, 2.45) is 0 Å². The molecule has 1 aliphatic carbocycles. The number of carbonyl (C=O) groups excluding carboxylic acids is 1. The fourth-order valence-corrected chi connectivity index (χ4v) is 1.41. The van der Waals surface area contributed by atoms with E-state index in [0.717, 1.165) is 12.8 Å². The molecule has 3 heteroatoms. The zero-order chi connectivity index (χ0) is 12.8. The minimum atomic E-state index is -0.243. The van der Waals surface area contributed by atoms with Crippen molar-refractivity contribution in [2.75, 3.05) is 0 Å². The minimum absolute atomic E-state index is 0.227. The van der Waals surface area contributed by atoms with Crippen molar-refractivity contribution in [3.8, 4) is 0 Å². The molecule has 0 unspecified atom stereocenters. The Hall–Kier alpha value is -0.860. The summed E-state index contributed by atoms with van der Waals surface area (Å²) in [5, 5.41) is 2.84. The van der Waals surface area contributed by atoms with E-state index in [1.165, 1.54) is 0 Å². The number of hydrogen-bond acceptors (Lipinski definition) is 1. The Labute approximate surface area is 98.3 Å². The highest BCUT2D eigenvalue weighted by atomic mass is 19.1. The number of rotatable bonds is 3. The molecular formula is C13H24FNO. The number of carbonyl (C=O) groups is 1. The number of halogens is 1. The maximum Gasteiger partial charge on any atom is 0.250 e. The van der Waals surface area contributed by atoms with Crippen molar-refractivity contribution in [3.63, 3.8) is 0 Å². The highest BCUT2D eigenvalue weighted by Crippen LogP contribution is 2.27. The van der Waals surface area contributed by atoms with Crippen molar-refractivity contribution in [1.29, 1.82) is 0 Å². The zero-order valence-corrected chi connectivity index (χ0v) is 11.1. The molecule has 16 heavy (non-hydrogen) atoms. The Kier molecular flexibility index (Phi) is 6.31. The van der Waals surface area contributed by atoms with Crippen LogP contribution in [0.5, 0.6) is 0 Å². The summed E-state index contributed by atoms with van der Waals surface area (Å²) in [4.78, 5) is 11.6. The van der Waals surface area contributed by atoms with E-state index >= 15 is 0 Å². The monoisotopic (exact) mass is 229 g/mol. The third-order valence-corrected chi connectivity index (χ3v) is 2.76. The summed E-state index contributed by atoms with van der Waals surface area (Å²) in [5.74, 6) is -0.457. The first-order chi connectivity index (χ1) is 7.46. The SMILES string of the molecule is CC.CCC(C)(C)NC(=O)C1=C(F)CCC1. The predicted molar refractivity (Wildman–Crippen MR) is 65.8 cm³/mol. The van der Waals surface area contributed by atoms with Gasteiger partial charge in [-0.2, -0.15) is 0 Å². The number of nitrogens with one attached hydrogen (secondary N) is 1. The molecule has 2 nitrogen and oxygen atoms in total. The van der Waals surface area contributed by atoms with Gasteiger partial charge in [0.15, 0.2) is 0 Å². The average Bonchev–Trinajstić information content (AvgIpc) is 2.67. The van der Waals surface area contributed by atoms with Gasteiger partial charge in [-0.25, -0.2) is 4.39 Å². The van der Waals surface area contributed by atoms with Crippen LogP contribution in [-0.2, 0) is 4.79 Å². The van der Waals surface area contributed by atoms with Gasteiger partial charge >= 0.3 is 0 Å². The van der Waals surface area contributed by atoms with E-state index in [-0.39, 0.29) is 17.3 Å². The smallest absolute Gasteiger partial charge is 0.250 e. The van der Waals surface area contributed by atoms with Gasteiger partial charge in [0, 0.05) is 11.1 Å². The van der Waals surface area contributed by atoms with Gasteiger partial charge in [-0.15, -0.1) is 0 Å². The van der Waals surface area contributed by atoms with Crippen LogP contribution in [0.25, 0.3) is 0 Å². The second-order valence-electron chi connectivity index (χ2n) is 4.43. The molecule has 0 saturated heterocycles. The first kappa shape index (κ1) is 15.1. The normalized spacial score (nSPS) is 15.6. The number of hydrogen-bond donors (Lipinski definition) is 1. The van der Waals surface area contributed by atoms with Gasteiger partial charge in [-0.3, -0.25) is 4.79 Å². The highest BCUT2D eigenvalue weighted by molar-refractivity contribution is 5.94. The Morgan fingerprint density at radius 1 is 1.38 bits per heavy atom. The molecule has 0 radical (unpaired) electrons. The Balaban J connectivity index is 0.00000106. The maximum atomic E-state index is 13.1. The summed E-state index contributed by atoms with van der Waals surface area (Å²) < 4.78 is 13.1. The van der Waals surface area contributed by atoms with Crippen LogP contribution in [0, 0.1) is 0 Å². The molecule has 0 aromatic carbocycles. The molecule has 1 amide bonds. The lowest BCUT2D eigenvalue weighted by Crippen LogP contribution is -2.43. The van der Waals surface area contributed by atoms with Crippen molar-refractivity contribution in [1.82, 2.24) is 5.32 Å². The van der Waals surface area contributed by atoms with Gasteiger partial charge in [0.1, 0.15) is 5.83 Å². The van der Waals surface area contributed by atoms with E-state index in [1.54, 1.807) is 0 Å². The van der Waals surface area contributed by atoms with Crippen LogP contribution >= 0.6 is 0 Å². The molecule has 1 N–H and O–H groups in total. The first-order valence-electron chi connectivity index (χ1n) is 6.16. The molecule has 1 rings (SSSR count). The largest absolute Gasteiger partial charge is 0.347 e. The first-order valence-corrected chi connectivity index (χ1v) is 6.16. The lowest BCUT2D eigenvalue weighted by molar-refractivity contribution is -0.119. The minimum Gasteiger partial charge on any atom is -0.347 e.